The van der Waals surface area contributed by atoms with E-state index in [-0.39, 0.29) is 12.4 Å². The molecule has 1 aromatic heterocycles. The fraction of sp³-hybridized carbons (Fsp3) is 0.200. The van der Waals surface area contributed by atoms with Gasteiger partial charge >= 0.3 is 0 Å². The quantitative estimate of drug-likeness (QED) is 0.941. The van der Waals surface area contributed by atoms with Gasteiger partial charge in [0.25, 0.3) is 0 Å². The third kappa shape index (κ3) is 3.13. The van der Waals surface area contributed by atoms with Gasteiger partial charge in [0.2, 0.25) is 5.13 Å². The predicted molar refractivity (Wildman–Crippen MR) is 67.9 cm³/mol. The first-order valence-corrected chi connectivity index (χ1v) is 6.38. The molecule has 2 aromatic rings. The molecule has 0 radical (unpaired) electrons. The number of nitrogens with one attached hydrogen (secondary N) is 1. The molecule has 0 saturated carbocycles. The van der Waals surface area contributed by atoms with Crippen LogP contribution in [0.4, 0.5) is 9.52 Å². The Bertz CT molecular complexity index is 520. The number of rotatable bonds is 4. The number of benzene rings is 1. The van der Waals surface area contributed by atoms with Crippen LogP contribution in [0.25, 0.3) is 0 Å². The van der Waals surface area contributed by atoms with E-state index in [1.807, 2.05) is 0 Å². The monoisotopic (exact) mass is 317 g/mol. The molecule has 0 amide bonds. The maximum atomic E-state index is 13.4. The number of aromatic nitrogens is 2. The SMILES string of the molecule is CNc1nnc(COc2ccc(Br)cc2F)s1. The largest absolute Gasteiger partial charge is 0.483 e. The van der Waals surface area contributed by atoms with Gasteiger partial charge in [0.1, 0.15) is 6.61 Å². The Morgan fingerprint density at radius 1 is 1.47 bits per heavy atom. The summed E-state index contributed by atoms with van der Waals surface area (Å²) < 4.78 is 19.4. The van der Waals surface area contributed by atoms with Crippen molar-refractivity contribution in [3.05, 3.63) is 33.5 Å². The van der Waals surface area contributed by atoms with Crippen molar-refractivity contribution in [2.24, 2.45) is 0 Å². The number of hydrogen-bond donors (Lipinski definition) is 1. The van der Waals surface area contributed by atoms with Crippen LogP contribution in [0, 0.1) is 5.82 Å². The van der Waals surface area contributed by atoms with Crippen LogP contribution in [0.3, 0.4) is 0 Å². The zero-order valence-corrected chi connectivity index (χ0v) is 11.3. The lowest BCUT2D eigenvalue weighted by atomic mass is 10.3. The highest BCUT2D eigenvalue weighted by molar-refractivity contribution is 9.10. The molecular formula is C10H9BrFN3OS. The zero-order chi connectivity index (χ0) is 12.3. The van der Waals surface area contributed by atoms with E-state index in [0.29, 0.717) is 14.6 Å². The number of nitrogens with zero attached hydrogens (tertiary/aromatic N) is 2. The highest BCUT2D eigenvalue weighted by Gasteiger charge is 2.07. The molecule has 0 atom stereocenters. The van der Waals surface area contributed by atoms with Crippen molar-refractivity contribution in [2.75, 3.05) is 12.4 Å². The van der Waals surface area contributed by atoms with Gasteiger partial charge in [-0.2, -0.15) is 0 Å². The fourth-order valence-electron chi connectivity index (χ4n) is 1.14. The van der Waals surface area contributed by atoms with E-state index in [1.165, 1.54) is 17.4 Å². The molecule has 0 aliphatic carbocycles. The van der Waals surface area contributed by atoms with Crippen LogP contribution in [0.1, 0.15) is 5.01 Å². The summed E-state index contributed by atoms with van der Waals surface area (Å²) in [4.78, 5) is 0. The van der Waals surface area contributed by atoms with Crippen LogP contribution in [0.2, 0.25) is 0 Å². The highest BCUT2D eigenvalue weighted by Crippen LogP contribution is 2.23. The lowest BCUT2D eigenvalue weighted by Crippen LogP contribution is -1.96. The Balaban J connectivity index is 2.02. The average molecular weight is 318 g/mol. The molecule has 1 N–H and O–H groups in total. The number of ether oxygens (including phenoxy) is 1. The van der Waals surface area contributed by atoms with E-state index in [2.05, 4.69) is 31.4 Å². The van der Waals surface area contributed by atoms with Gasteiger partial charge < -0.3 is 10.1 Å². The minimum atomic E-state index is -0.405. The molecule has 90 valence electrons. The molecule has 0 saturated heterocycles. The predicted octanol–water partition coefficient (Wildman–Crippen LogP) is 3.06. The lowest BCUT2D eigenvalue weighted by Gasteiger charge is -2.04. The zero-order valence-electron chi connectivity index (χ0n) is 8.91. The van der Waals surface area contributed by atoms with Crippen molar-refractivity contribution in [1.82, 2.24) is 10.2 Å². The molecule has 4 nitrogen and oxygen atoms in total. The Morgan fingerprint density at radius 2 is 2.29 bits per heavy atom. The van der Waals surface area contributed by atoms with Gasteiger partial charge in [-0.05, 0) is 18.2 Å². The van der Waals surface area contributed by atoms with Gasteiger partial charge in [-0.15, -0.1) is 10.2 Å². The summed E-state index contributed by atoms with van der Waals surface area (Å²) in [5, 5.41) is 12.0. The summed E-state index contributed by atoms with van der Waals surface area (Å²) in [6.07, 6.45) is 0. The molecule has 1 aromatic carbocycles. The average Bonchev–Trinajstić information content (AvgIpc) is 2.76. The molecule has 0 aliphatic rings. The first kappa shape index (κ1) is 12.3. The number of hydrogen-bond acceptors (Lipinski definition) is 5. The van der Waals surface area contributed by atoms with Crippen molar-refractivity contribution >= 4 is 32.4 Å². The Hall–Kier alpha value is -1.21. The van der Waals surface area contributed by atoms with Crippen LogP contribution in [-0.4, -0.2) is 17.2 Å². The molecule has 7 heteroatoms. The minimum absolute atomic E-state index is 0.203. The molecule has 1 heterocycles. The van der Waals surface area contributed by atoms with Gasteiger partial charge in [0, 0.05) is 11.5 Å². The van der Waals surface area contributed by atoms with Crippen molar-refractivity contribution in [1.29, 1.82) is 0 Å². The van der Waals surface area contributed by atoms with E-state index >= 15 is 0 Å². The van der Waals surface area contributed by atoms with Gasteiger partial charge in [0.05, 0.1) is 0 Å². The smallest absolute Gasteiger partial charge is 0.205 e. The summed E-state index contributed by atoms with van der Waals surface area (Å²) in [7, 11) is 1.76. The van der Waals surface area contributed by atoms with E-state index < -0.39 is 5.82 Å². The highest BCUT2D eigenvalue weighted by atomic mass is 79.9. The molecule has 0 bridgehead atoms. The topological polar surface area (TPSA) is 47.0 Å². The third-order valence-electron chi connectivity index (χ3n) is 1.93. The summed E-state index contributed by atoms with van der Waals surface area (Å²) in [6, 6.07) is 4.64. The minimum Gasteiger partial charge on any atom is -0.483 e. The lowest BCUT2D eigenvalue weighted by molar-refractivity contribution is 0.289. The molecule has 0 aliphatic heterocycles. The second kappa shape index (κ2) is 5.42. The van der Waals surface area contributed by atoms with Crippen molar-refractivity contribution in [2.45, 2.75) is 6.61 Å². The molecule has 2 rings (SSSR count). The van der Waals surface area contributed by atoms with Gasteiger partial charge in [-0.25, -0.2) is 4.39 Å². The summed E-state index contributed by atoms with van der Waals surface area (Å²) in [5.74, 6) is -0.202. The molecule has 0 fully saturated rings. The van der Waals surface area contributed by atoms with Crippen LogP contribution >= 0.6 is 27.3 Å². The van der Waals surface area contributed by atoms with Crippen LogP contribution < -0.4 is 10.1 Å². The first-order chi connectivity index (χ1) is 8.19. The van der Waals surface area contributed by atoms with E-state index in [9.17, 15) is 4.39 Å². The van der Waals surface area contributed by atoms with Crippen LogP contribution in [0.15, 0.2) is 22.7 Å². The van der Waals surface area contributed by atoms with Crippen LogP contribution in [0.5, 0.6) is 5.75 Å². The Kier molecular flexibility index (Phi) is 3.90. The summed E-state index contributed by atoms with van der Waals surface area (Å²) >= 11 is 4.55. The molecule has 17 heavy (non-hydrogen) atoms. The van der Waals surface area contributed by atoms with Crippen molar-refractivity contribution in [3.63, 3.8) is 0 Å². The van der Waals surface area contributed by atoms with E-state index in [0.717, 1.165) is 0 Å². The van der Waals surface area contributed by atoms with Gasteiger partial charge in [0.15, 0.2) is 16.6 Å². The van der Waals surface area contributed by atoms with Crippen molar-refractivity contribution in [3.8, 4) is 5.75 Å². The number of anilines is 1. The molecule has 0 unspecified atom stereocenters. The van der Waals surface area contributed by atoms with Crippen molar-refractivity contribution < 1.29 is 9.13 Å². The Labute approximate surface area is 110 Å². The summed E-state index contributed by atoms with van der Waals surface area (Å²) in [6.45, 7) is 0.206. The third-order valence-corrected chi connectivity index (χ3v) is 3.33. The fourth-order valence-corrected chi connectivity index (χ4v) is 2.08. The summed E-state index contributed by atoms with van der Waals surface area (Å²) in [5.41, 5.74) is 0. The first-order valence-electron chi connectivity index (χ1n) is 4.77. The van der Waals surface area contributed by atoms with Gasteiger partial charge in [-0.1, -0.05) is 27.3 Å². The second-order valence-corrected chi connectivity index (χ2v) is 5.09. The normalized spacial score (nSPS) is 10.3. The standard InChI is InChI=1S/C10H9BrFN3OS/c1-13-10-15-14-9(17-10)5-16-8-3-2-6(11)4-7(8)12/h2-4H,5H2,1H3,(H,13,15). The molecule has 0 spiro atoms. The van der Waals surface area contributed by atoms with E-state index in [1.54, 1.807) is 19.2 Å². The maximum Gasteiger partial charge on any atom is 0.205 e. The Morgan fingerprint density at radius 3 is 2.94 bits per heavy atom. The van der Waals surface area contributed by atoms with Crippen LogP contribution in [-0.2, 0) is 6.61 Å². The maximum absolute atomic E-state index is 13.4. The van der Waals surface area contributed by atoms with Gasteiger partial charge in [-0.3, -0.25) is 0 Å². The number of halogens is 2. The second-order valence-electron chi connectivity index (χ2n) is 3.11. The molecular weight excluding hydrogens is 309 g/mol. The van der Waals surface area contributed by atoms with E-state index in [4.69, 9.17) is 4.74 Å².